The molecule has 0 spiro atoms. The highest BCUT2D eigenvalue weighted by molar-refractivity contribution is 7.51. The second kappa shape index (κ2) is 14.2. The number of carboxylic acids is 1. The third-order valence-corrected chi connectivity index (χ3v) is 4.57. The molecule has 2 aromatic rings. The zero-order valence-electron chi connectivity index (χ0n) is 19.1. The van der Waals surface area contributed by atoms with E-state index in [1.807, 2.05) is 0 Å². The number of halogens is 3. The maximum atomic E-state index is 12.7. The number of ether oxygens (including phenoxy) is 3. The zero-order valence-corrected chi connectivity index (χ0v) is 20.0. The van der Waals surface area contributed by atoms with E-state index in [1.54, 1.807) is 24.3 Å². The molecule has 0 bridgehead atoms. The van der Waals surface area contributed by atoms with Gasteiger partial charge in [-0.2, -0.15) is 13.2 Å². The van der Waals surface area contributed by atoms with E-state index in [1.165, 1.54) is 32.6 Å². The van der Waals surface area contributed by atoms with Crippen LogP contribution in [0.1, 0.15) is 16.8 Å². The third-order valence-electron chi connectivity index (χ3n) is 3.93. The molecule has 1 aromatic carbocycles. The predicted molar refractivity (Wildman–Crippen MR) is 120 cm³/mol. The fourth-order valence-electron chi connectivity index (χ4n) is 2.47. The van der Waals surface area contributed by atoms with Crippen LogP contribution in [0.15, 0.2) is 48.7 Å². The summed E-state index contributed by atoms with van der Waals surface area (Å²) >= 11 is 0. The number of aromatic nitrogens is 1. The Bertz CT molecular complexity index is 1100. The highest BCUT2D eigenvalue weighted by Gasteiger charge is 2.32. The predicted octanol–water partition coefficient (Wildman–Crippen LogP) is 2.64. The zero-order chi connectivity index (χ0) is 27.4. The Morgan fingerprint density at radius 3 is 2.33 bits per heavy atom. The molecule has 0 unspecified atom stereocenters. The second-order valence-electron chi connectivity index (χ2n) is 6.71. The van der Waals surface area contributed by atoms with E-state index >= 15 is 0 Å². The average Bonchev–Trinajstić information content (AvgIpc) is 2.80. The topological polar surface area (TPSA) is 165 Å². The number of alkyl halides is 3. The number of benzene rings is 1. The number of carbonyl (C=O) groups is 2. The first-order valence-corrected chi connectivity index (χ1v) is 11.6. The first-order chi connectivity index (χ1) is 16.8. The van der Waals surface area contributed by atoms with Crippen LogP contribution in [0.3, 0.4) is 0 Å². The van der Waals surface area contributed by atoms with Crippen LogP contribution in [0, 0.1) is 0 Å². The van der Waals surface area contributed by atoms with Crippen LogP contribution in [0.25, 0.3) is 5.57 Å². The Hall–Kier alpha value is -3.45. The summed E-state index contributed by atoms with van der Waals surface area (Å²) in [6.45, 7) is -0.534. The smallest absolute Gasteiger partial charge is 0.433 e. The number of carboxylic acid groups (broad SMARTS) is 1. The minimum absolute atomic E-state index is 0.0947. The standard InChI is InChI=1S/C18H16F3NO4.C3H8NO5P/c1-24-11-14(17(23)25-2)13-7-4-3-6-12(13)10-26-16-9-5-8-15(22-16)18(19,20)21;5-3(6)1-4-2-10(7,8)9/h3-9,11H,10H2,1-2H3;4H,1-2H2,(H,5,6)(H2,7,8,9)/b14-11+;. The molecule has 11 nitrogen and oxygen atoms in total. The summed E-state index contributed by atoms with van der Waals surface area (Å²) in [6.07, 6.45) is -3.93. The molecular formula is C21H24F3N2O9P. The number of nitrogens with zero attached hydrogens (tertiary/aromatic N) is 1. The first-order valence-electron chi connectivity index (χ1n) is 9.82. The summed E-state index contributed by atoms with van der Waals surface area (Å²) in [5, 5.41) is 10.1. The fourth-order valence-corrected chi connectivity index (χ4v) is 2.87. The van der Waals surface area contributed by atoms with Crippen LogP contribution >= 0.6 is 7.60 Å². The van der Waals surface area contributed by atoms with Gasteiger partial charge in [0.05, 0.1) is 33.3 Å². The van der Waals surface area contributed by atoms with E-state index in [4.69, 9.17) is 29.1 Å². The summed E-state index contributed by atoms with van der Waals surface area (Å²) in [5.74, 6) is -1.94. The van der Waals surface area contributed by atoms with Crippen molar-refractivity contribution in [3.05, 3.63) is 65.5 Å². The first kappa shape index (κ1) is 30.6. The molecule has 198 valence electrons. The summed E-state index contributed by atoms with van der Waals surface area (Å²) in [6, 6.07) is 10.1. The SMILES string of the molecule is CO/C=C(/C(=O)OC)c1ccccc1COc1cccc(C(F)(F)F)n1.O=C(O)CNCP(=O)(O)O. The fraction of sp³-hybridized carbons (Fsp3) is 0.286. The number of esters is 1. The van der Waals surface area contributed by atoms with Gasteiger partial charge in [-0.15, -0.1) is 0 Å². The van der Waals surface area contributed by atoms with Gasteiger partial charge in [0.1, 0.15) is 17.9 Å². The number of rotatable bonds is 10. The van der Waals surface area contributed by atoms with Crippen molar-refractivity contribution in [1.29, 1.82) is 0 Å². The Kier molecular flexibility index (Phi) is 12.1. The average molecular weight is 536 g/mol. The molecule has 36 heavy (non-hydrogen) atoms. The molecule has 0 aliphatic rings. The molecule has 0 aliphatic heterocycles. The van der Waals surface area contributed by atoms with Crippen molar-refractivity contribution >= 4 is 25.1 Å². The van der Waals surface area contributed by atoms with E-state index in [-0.39, 0.29) is 18.1 Å². The summed E-state index contributed by atoms with van der Waals surface area (Å²) < 4.78 is 63.2. The number of hydrogen-bond acceptors (Lipinski definition) is 8. The molecule has 15 heteroatoms. The molecule has 0 amide bonds. The van der Waals surface area contributed by atoms with Gasteiger partial charge in [0, 0.05) is 6.07 Å². The quantitative estimate of drug-likeness (QED) is 0.153. The van der Waals surface area contributed by atoms with Crippen molar-refractivity contribution in [2.75, 3.05) is 27.1 Å². The lowest BCUT2D eigenvalue weighted by Crippen LogP contribution is -2.23. The lowest BCUT2D eigenvalue weighted by molar-refractivity contribution is -0.141. The molecule has 1 heterocycles. The minimum atomic E-state index is -4.56. The van der Waals surface area contributed by atoms with E-state index < -0.39 is 44.2 Å². The van der Waals surface area contributed by atoms with Crippen LogP contribution in [-0.2, 0) is 36.4 Å². The number of methoxy groups -OCH3 is 2. The molecule has 0 aliphatic carbocycles. The molecule has 0 saturated carbocycles. The highest BCUT2D eigenvalue weighted by atomic mass is 31.2. The Labute approximate surface area is 203 Å². The Morgan fingerprint density at radius 2 is 1.78 bits per heavy atom. The second-order valence-corrected chi connectivity index (χ2v) is 8.35. The highest BCUT2D eigenvalue weighted by Crippen LogP contribution is 2.31. The molecule has 2 rings (SSSR count). The van der Waals surface area contributed by atoms with Gasteiger partial charge in [0.15, 0.2) is 0 Å². The van der Waals surface area contributed by atoms with E-state index in [0.29, 0.717) is 11.1 Å². The van der Waals surface area contributed by atoms with Crippen molar-refractivity contribution in [2.45, 2.75) is 12.8 Å². The van der Waals surface area contributed by atoms with Gasteiger partial charge in [-0.05, 0) is 17.2 Å². The lowest BCUT2D eigenvalue weighted by atomic mass is 10.0. The Balaban J connectivity index is 0.000000548. The minimum Gasteiger partial charge on any atom is -0.503 e. The van der Waals surface area contributed by atoms with E-state index in [2.05, 4.69) is 10.3 Å². The van der Waals surface area contributed by atoms with Gasteiger partial charge in [0.25, 0.3) is 0 Å². The number of carbonyl (C=O) groups excluding carboxylic acids is 1. The van der Waals surface area contributed by atoms with Crippen molar-refractivity contribution in [3.63, 3.8) is 0 Å². The molecule has 1 aromatic heterocycles. The normalized spacial score (nSPS) is 11.7. The van der Waals surface area contributed by atoms with Crippen molar-refractivity contribution in [2.24, 2.45) is 0 Å². The molecule has 0 fully saturated rings. The van der Waals surface area contributed by atoms with Crippen LogP contribution in [-0.4, -0.2) is 58.9 Å². The molecule has 0 saturated heterocycles. The number of pyridine rings is 1. The molecule has 0 radical (unpaired) electrons. The van der Waals surface area contributed by atoms with Gasteiger partial charge in [-0.25, -0.2) is 9.78 Å². The monoisotopic (exact) mass is 536 g/mol. The van der Waals surface area contributed by atoms with Crippen LogP contribution in [0.2, 0.25) is 0 Å². The maximum Gasteiger partial charge on any atom is 0.433 e. The summed E-state index contributed by atoms with van der Waals surface area (Å²) in [4.78, 5) is 41.5. The molecule has 4 N–H and O–H groups in total. The third kappa shape index (κ3) is 11.3. The molecular weight excluding hydrogens is 512 g/mol. The van der Waals surface area contributed by atoms with Crippen molar-refractivity contribution in [1.82, 2.24) is 10.3 Å². The lowest BCUT2D eigenvalue weighted by Gasteiger charge is -2.13. The van der Waals surface area contributed by atoms with E-state index in [0.717, 1.165) is 6.07 Å². The number of hydrogen-bond donors (Lipinski definition) is 4. The summed E-state index contributed by atoms with van der Waals surface area (Å²) in [7, 11) is -1.48. The van der Waals surface area contributed by atoms with Gasteiger partial charge >= 0.3 is 25.7 Å². The van der Waals surface area contributed by atoms with Crippen LogP contribution in [0.4, 0.5) is 13.2 Å². The van der Waals surface area contributed by atoms with Crippen LogP contribution in [0.5, 0.6) is 5.88 Å². The van der Waals surface area contributed by atoms with Crippen molar-refractivity contribution < 1.29 is 56.4 Å². The number of aliphatic carboxylic acids is 1. The molecule has 0 atom stereocenters. The Morgan fingerprint density at radius 1 is 1.11 bits per heavy atom. The van der Waals surface area contributed by atoms with E-state index in [9.17, 15) is 27.3 Å². The van der Waals surface area contributed by atoms with Gasteiger partial charge in [-0.1, -0.05) is 30.3 Å². The van der Waals surface area contributed by atoms with Gasteiger partial charge in [0.2, 0.25) is 5.88 Å². The largest absolute Gasteiger partial charge is 0.503 e. The number of nitrogens with one attached hydrogen (secondary N) is 1. The van der Waals surface area contributed by atoms with Gasteiger partial charge < -0.3 is 29.1 Å². The van der Waals surface area contributed by atoms with Crippen molar-refractivity contribution in [3.8, 4) is 5.88 Å². The maximum absolute atomic E-state index is 12.7. The van der Waals surface area contributed by atoms with Crippen LogP contribution < -0.4 is 10.1 Å². The van der Waals surface area contributed by atoms with Gasteiger partial charge in [-0.3, -0.25) is 14.7 Å². The summed E-state index contributed by atoms with van der Waals surface area (Å²) in [5.41, 5.74) is 0.151.